The van der Waals surface area contributed by atoms with E-state index in [1.165, 1.54) is 100 Å². The van der Waals surface area contributed by atoms with Crippen molar-refractivity contribution in [3.05, 3.63) is 191 Å². The molecule has 0 N–H and O–H groups in total. The first-order chi connectivity index (χ1) is 29.3. The van der Waals surface area contributed by atoms with Crippen LogP contribution in [0.4, 0.5) is 0 Å². The summed E-state index contributed by atoms with van der Waals surface area (Å²) in [7, 11) is 0. The minimum absolute atomic E-state index is 0.0344. The van der Waals surface area contributed by atoms with Crippen molar-refractivity contribution in [1.82, 2.24) is 0 Å². The summed E-state index contributed by atoms with van der Waals surface area (Å²) in [6, 6.07) is 56.8. The van der Waals surface area contributed by atoms with Gasteiger partial charge >= 0.3 is 0 Å². The summed E-state index contributed by atoms with van der Waals surface area (Å²) in [6.07, 6.45) is 0.925. The molecule has 0 aliphatic heterocycles. The Balaban J connectivity index is 1.24. The average molecular weight is 821 g/mol. The monoisotopic (exact) mass is 820 g/mol. The van der Waals surface area contributed by atoms with Gasteiger partial charge in [0.15, 0.2) is 0 Å². The molecule has 61 heavy (non-hydrogen) atoms. The van der Waals surface area contributed by atoms with E-state index in [4.69, 9.17) is 0 Å². The van der Waals surface area contributed by atoms with E-state index in [1.54, 1.807) is 0 Å². The lowest BCUT2D eigenvalue weighted by molar-refractivity contribution is 0.568. The second-order valence-electron chi connectivity index (χ2n) is 19.4. The Morgan fingerprint density at radius 1 is 0.377 bits per heavy atom. The van der Waals surface area contributed by atoms with Gasteiger partial charge in [0.2, 0.25) is 0 Å². The van der Waals surface area contributed by atoms with Gasteiger partial charge in [-0.05, 0) is 121 Å². The SMILES string of the molecule is CC(C)(C)c1cc2c3sc4cc(C#Cc5ccccc5)ccc4c3c3cc(C(C)(C)C)cc4c5sc6cc(C(C)(Cc7ccccc7)c7ccccc7)ccc6c5c(c1)c2c43. The van der Waals surface area contributed by atoms with E-state index in [9.17, 15) is 0 Å². The zero-order chi connectivity index (χ0) is 41.8. The predicted octanol–water partition coefficient (Wildman–Crippen LogP) is 16.9. The van der Waals surface area contributed by atoms with E-state index in [-0.39, 0.29) is 16.2 Å². The molecule has 0 aliphatic rings. The molecule has 296 valence electrons. The minimum atomic E-state index is -0.207. The highest BCUT2D eigenvalue weighted by Crippen LogP contribution is 2.54. The number of hydrogen-bond acceptors (Lipinski definition) is 2. The zero-order valence-electron chi connectivity index (χ0n) is 36.0. The maximum Gasteiger partial charge on any atom is 0.0440 e. The molecule has 0 fully saturated rings. The summed E-state index contributed by atoms with van der Waals surface area (Å²) in [5, 5.41) is 13.7. The quantitative estimate of drug-likeness (QED) is 0.123. The maximum atomic E-state index is 3.48. The Kier molecular flexibility index (Phi) is 8.57. The molecule has 0 amide bonds. The molecule has 2 aromatic heterocycles. The van der Waals surface area contributed by atoms with Gasteiger partial charge in [-0.3, -0.25) is 0 Å². The van der Waals surface area contributed by atoms with Crippen molar-refractivity contribution in [2.75, 3.05) is 0 Å². The van der Waals surface area contributed by atoms with Crippen molar-refractivity contribution >= 4 is 95.3 Å². The molecule has 2 heterocycles. The molecule has 0 saturated heterocycles. The summed E-state index contributed by atoms with van der Waals surface area (Å²) < 4.78 is 5.41. The molecular formula is C59H48S2. The van der Waals surface area contributed by atoms with Crippen LogP contribution in [0.25, 0.3) is 72.7 Å². The first kappa shape index (κ1) is 38.0. The van der Waals surface area contributed by atoms with Crippen molar-refractivity contribution < 1.29 is 0 Å². The van der Waals surface area contributed by atoms with Crippen LogP contribution in [0, 0.1) is 11.8 Å². The standard InChI is InChI=1S/C59H48S2/c1-57(2,3)41-30-45-51-48(33-41)56-54(44-28-26-40(34-50(44)61-56)59(7,39-21-15-10-16-22-39)35-38-19-13-9-14-20-38)46-31-42(58(4,5)6)32-47(52(46)51)55-53(45)43-27-25-37(29-49(43)60-55)24-23-36-17-11-8-12-18-36/h8-22,25-34H,35H2,1-7H3. The molecule has 0 spiro atoms. The number of benzene rings is 9. The van der Waals surface area contributed by atoms with Crippen LogP contribution in [-0.2, 0) is 22.7 Å². The van der Waals surface area contributed by atoms with Crippen LogP contribution in [0.5, 0.6) is 0 Å². The second kappa shape index (κ2) is 13.8. The number of fused-ring (bicyclic) bond motifs is 10. The first-order valence-electron chi connectivity index (χ1n) is 21.5. The number of hydrogen-bond donors (Lipinski definition) is 0. The number of rotatable bonds is 4. The third-order valence-electron chi connectivity index (χ3n) is 13.2. The molecule has 9 aromatic carbocycles. The first-order valence-corrected chi connectivity index (χ1v) is 23.2. The van der Waals surface area contributed by atoms with Gasteiger partial charge < -0.3 is 0 Å². The molecule has 11 aromatic rings. The van der Waals surface area contributed by atoms with Gasteiger partial charge in [0.1, 0.15) is 0 Å². The van der Waals surface area contributed by atoms with E-state index in [0.29, 0.717) is 0 Å². The second-order valence-corrected chi connectivity index (χ2v) is 21.5. The third kappa shape index (κ3) is 6.16. The van der Waals surface area contributed by atoms with E-state index in [1.807, 2.05) is 28.7 Å². The van der Waals surface area contributed by atoms with E-state index >= 15 is 0 Å². The van der Waals surface area contributed by atoms with Crippen molar-refractivity contribution in [3.63, 3.8) is 0 Å². The lowest BCUT2D eigenvalue weighted by Gasteiger charge is -2.31. The molecule has 0 saturated carbocycles. The smallest absolute Gasteiger partial charge is 0.0440 e. The highest BCUT2D eigenvalue weighted by Gasteiger charge is 2.31. The van der Waals surface area contributed by atoms with Gasteiger partial charge in [0.05, 0.1) is 0 Å². The van der Waals surface area contributed by atoms with Crippen molar-refractivity contribution in [1.29, 1.82) is 0 Å². The highest BCUT2D eigenvalue weighted by atomic mass is 32.1. The Hall–Kier alpha value is -5.98. The molecular weight excluding hydrogens is 773 g/mol. The summed E-state index contributed by atoms with van der Waals surface area (Å²) in [5.74, 6) is 6.87. The van der Waals surface area contributed by atoms with E-state index in [2.05, 4.69) is 206 Å². The molecule has 0 radical (unpaired) electrons. The minimum Gasteiger partial charge on any atom is -0.134 e. The van der Waals surface area contributed by atoms with Crippen LogP contribution in [0.3, 0.4) is 0 Å². The van der Waals surface area contributed by atoms with Gasteiger partial charge in [-0.2, -0.15) is 0 Å². The Bertz CT molecular complexity index is 3550. The normalized spacial score (nSPS) is 13.6. The molecule has 1 unspecified atom stereocenters. The Labute approximate surface area is 366 Å². The van der Waals surface area contributed by atoms with Crippen LogP contribution >= 0.6 is 22.7 Å². The zero-order valence-corrected chi connectivity index (χ0v) is 37.6. The molecule has 11 rings (SSSR count). The lowest BCUT2D eigenvalue weighted by Crippen LogP contribution is -2.26. The van der Waals surface area contributed by atoms with E-state index < -0.39 is 0 Å². The van der Waals surface area contributed by atoms with Gasteiger partial charge in [-0.15, -0.1) is 22.7 Å². The van der Waals surface area contributed by atoms with Gasteiger partial charge in [0, 0.05) is 67.7 Å². The third-order valence-corrected chi connectivity index (χ3v) is 15.6. The highest BCUT2D eigenvalue weighted by molar-refractivity contribution is 7.27. The number of thiophene rings is 2. The summed E-state index contributed by atoms with van der Waals surface area (Å²) >= 11 is 3.93. The molecule has 2 heteroatoms. The maximum absolute atomic E-state index is 3.48. The fourth-order valence-electron chi connectivity index (χ4n) is 9.82. The van der Waals surface area contributed by atoms with Crippen molar-refractivity contribution in [3.8, 4) is 11.8 Å². The Morgan fingerprint density at radius 3 is 1.41 bits per heavy atom. The van der Waals surface area contributed by atoms with Crippen molar-refractivity contribution in [2.24, 2.45) is 0 Å². The summed E-state index contributed by atoms with van der Waals surface area (Å²) in [4.78, 5) is 0. The largest absolute Gasteiger partial charge is 0.134 e. The summed E-state index contributed by atoms with van der Waals surface area (Å²) in [5.41, 5.74) is 8.60. The average Bonchev–Trinajstić information content (AvgIpc) is 3.85. The molecule has 1 atom stereocenters. The molecule has 0 bridgehead atoms. The van der Waals surface area contributed by atoms with Crippen LogP contribution in [0.1, 0.15) is 87.4 Å². The van der Waals surface area contributed by atoms with Crippen LogP contribution < -0.4 is 0 Å². The topological polar surface area (TPSA) is 0 Å². The molecule has 0 nitrogen and oxygen atoms in total. The van der Waals surface area contributed by atoms with Gasteiger partial charge in [-0.25, -0.2) is 0 Å². The van der Waals surface area contributed by atoms with E-state index in [0.717, 1.165) is 17.5 Å². The predicted molar refractivity (Wildman–Crippen MR) is 269 cm³/mol. The van der Waals surface area contributed by atoms with Gasteiger partial charge in [0.25, 0.3) is 0 Å². The Morgan fingerprint density at radius 2 is 0.852 bits per heavy atom. The fraction of sp³-hybridized carbons (Fsp3) is 0.186. The fourth-order valence-corrected chi connectivity index (χ4v) is 12.4. The van der Waals surface area contributed by atoms with Crippen LogP contribution in [-0.4, -0.2) is 0 Å². The summed E-state index contributed by atoms with van der Waals surface area (Å²) in [6.45, 7) is 16.6. The van der Waals surface area contributed by atoms with Crippen LogP contribution in [0.2, 0.25) is 0 Å². The van der Waals surface area contributed by atoms with Crippen LogP contribution in [0.15, 0.2) is 152 Å². The lowest BCUT2D eigenvalue weighted by atomic mass is 9.72. The molecule has 0 aliphatic carbocycles. The van der Waals surface area contributed by atoms with Crippen molar-refractivity contribution in [2.45, 2.75) is 71.1 Å². The van der Waals surface area contributed by atoms with Gasteiger partial charge in [-0.1, -0.05) is 157 Å².